The molecule has 3 rings (SSSR count). The van der Waals surface area contributed by atoms with Gasteiger partial charge in [0.1, 0.15) is 0 Å². The molecule has 27 heavy (non-hydrogen) atoms. The topological polar surface area (TPSA) is 60.4 Å². The number of benzene rings is 2. The number of hydrogen-bond donors (Lipinski definition) is 0. The van der Waals surface area contributed by atoms with Gasteiger partial charge in [0.05, 0.1) is 26.5 Å². The summed E-state index contributed by atoms with van der Waals surface area (Å²) in [5.41, 5.74) is 2.44. The molecule has 1 atom stereocenters. The molecule has 1 heterocycles. The fraction of sp³-hybridized carbons (Fsp3) is 0.300. The molecule has 1 aliphatic heterocycles. The standard InChI is InChI=1S/C20H21ClN2O4/c1-25-17-9-6-14(12-18(17)26-2)16-10-11-23(22-16)20(24)19(27-3)13-4-7-15(21)8-5-13/h4-9,12,19H,10-11H2,1-3H3. The first-order chi connectivity index (χ1) is 13.1. The monoisotopic (exact) mass is 388 g/mol. The first kappa shape index (κ1) is 19.2. The second kappa shape index (κ2) is 8.41. The molecular weight excluding hydrogens is 368 g/mol. The Balaban J connectivity index is 1.81. The molecule has 0 bridgehead atoms. The lowest BCUT2D eigenvalue weighted by atomic mass is 10.1. The van der Waals surface area contributed by atoms with E-state index in [1.54, 1.807) is 38.5 Å². The zero-order valence-corrected chi connectivity index (χ0v) is 16.2. The van der Waals surface area contributed by atoms with E-state index in [1.807, 2.05) is 18.2 Å². The number of hydrazone groups is 1. The van der Waals surface area contributed by atoms with E-state index in [4.69, 9.17) is 25.8 Å². The van der Waals surface area contributed by atoms with Crippen LogP contribution < -0.4 is 9.47 Å². The van der Waals surface area contributed by atoms with Crippen molar-refractivity contribution in [2.75, 3.05) is 27.9 Å². The molecule has 2 aromatic rings. The lowest BCUT2D eigenvalue weighted by Gasteiger charge is -2.19. The summed E-state index contributed by atoms with van der Waals surface area (Å²) in [6.07, 6.45) is -0.0751. The summed E-state index contributed by atoms with van der Waals surface area (Å²) in [6.45, 7) is 0.496. The lowest BCUT2D eigenvalue weighted by Crippen LogP contribution is -2.30. The Bertz CT molecular complexity index is 852. The average molecular weight is 389 g/mol. The molecular formula is C20H21ClN2O4. The summed E-state index contributed by atoms with van der Waals surface area (Å²) in [4.78, 5) is 12.9. The Kier molecular flexibility index (Phi) is 5.98. The minimum atomic E-state index is -0.726. The van der Waals surface area contributed by atoms with Gasteiger partial charge in [0, 0.05) is 24.1 Å². The fourth-order valence-electron chi connectivity index (χ4n) is 2.99. The van der Waals surface area contributed by atoms with Crippen LogP contribution in [0.3, 0.4) is 0 Å². The van der Waals surface area contributed by atoms with Crippen LogP contribution in [0.5, 0.6) is 11.5 Å². The Morgan fingerprint density at radius 1 is 1.07 bits per heavy atom. The van der Waals surface area contributed by atoms with Crippen LogP contribution in [0.4, 0.5) is 0 Å². The fourth-order valence-corrected chi connectivity index (χ4v) is 3.11. The highest BCUT2D eigenvalue weighted by Crippen LogP contribution is 2.30. The molecule has 0 fully saturated rings. The molecule has 2 aromatic carbocycles. The molecule has 0 spiro atoms. The van der Waals surface area contributed by atoms with Crippen LogP contribution in [-0.4, -0.2) is 44.5 Å². The number of halogens is 1. The Morgan fingerprint density at radius 2 is 1.78 bits per heavy atom. The number of ether oxygens (including phenoxy) is 3. The average Bonchev–Trinajstić information content (AvgIpc) is 3.19. The first-order valence-corrected chi connectivity index (χ1v) is 8.84. The molecule has 1 amide bonds. The second-order valence-electron chi connectivity index (χ2n) is 6.00. The molecule has 0 saturated carbocycles. The van der Waals surface area contributed by atoms with Gasteiger partial charge in [0.25, 0.3) is 5.91 Å². The van der Waals surface area contributed by atoms with Crippen molar-refractivity contribution >= 4 is 23.2 Å². The second-order valence-corrected chi connectivity index (χ2v) is 6.43. The van der Waals surface area contributed by atoms with Crippen molar-refractivity contribution in [3.8, 4) is 11.5 Å². The summed E-state index contributed by atoms with van der Waals surface area (Å²) in [5, 5.41) is 6.56. The highest BCUT2D eigenvalue weighted by Gasteiger charge is 2.29. The third-order valence-electron chi connectivity index (χ3n) is 4.41. The lowest BCUT2D eigenvalue weighted by molar-refractivity contribution is -0.141. The summed E-state index contributed by atoms with van der Waals surface area (Å²) >= 11 is 5.92. The van der Waals surface area contributed by atoms with E-state index in [0.717, 1.165) is 16.8 Å². The van der Waals surface area contributed by atoms with Crippen LogP contribution >= 0.6 is 11.6 Å². The Morgan fingerprint density at radius 3 is 2.41 bits per heavy atom. The largest absolute Gasteiger partial charge is 0.493 e. The van der Waals surface area contributed by atoms with Gasteiger partial charge in [-0.15, -0.1) is 0 Å². The molecule has 7 heteroatoms. The van der Waals surface area contributed by atoms with Crippen LogP contribution in [0.15, 0.2) is 47.6 Å². The Labute approximate surface area is 163 Å². The molecule has 0 radical (unpaired) electrons. The third kappa shape index (κ3) is 4.07. The highest BCUT2D eigenvalue weighted by atomic mass is 35.5. The number of carbonyl (C=O) groups is 1. The minimum absolute atomic E-state index is 0.213. The van der Waals surface area contributed by atoms with Crippen molar-refractivity contribution < 1.29 is 19.0 Å². The molecule has 1 aliphatic rings. The zero-order chi connectivity index (χ0) is 19.4. The van der Waals surface area contributed by atoms with Gasteiger partial charge in [-0.2, -0.15) is 5.10 Å². The van der Waals surface area contributed by atoms with E-state index in [1.165, 1.54) is 12.1 Å². The van der Waals surface area contributed by atoms with Crippen molar-refractivity contribution in [1.29, 1.82) is 0 Å². The predicted molar refractivity (Wildman–Crippen MR) is 104 cm³/mol. The van der Waals surface area contributed by atoms with Crippen LogP contribution in [0.1, 0.15) is 23.7 Å². The maximum absolute atomic E-state index is 12.9. The number of rotatable bonds is 6. The predicted octanol–water partition coefficient (Wildman–Crippen LogP) is 3.68. The number of amides is 1. The normalized spacial score (nSPS) is 14.7. The van der Waals surface area contributed by atoms with Gasteiger partial charge in [0.15, 0.2) is 17.6 Å². The summed E-state index contributed by atoms with van der Waals surface area (Å²) in [6, 6.07) is 12.6. The maximum Gasteiger partial charge on any atom is 0.276 e. The van der Waals surface area contributed by atoms with E-state index in [-0.39, 0.29) is 5.91 Å². The zero-order valence-electron chi connectivity index (χ0n) is 15.4. The highest BCUT2D eigenvalue weighted by molar-refractivity contribution is 6.30. The molecule has 0 aliphatic carbocycles. The van der Waals surface area contributed by atoms with Crippen LogP contribution in [0.2, 0.25) is 5.02 Å². The number of methoxy groups -OCH3 is 3. The Hall–Kier alpha value is -2.57. The van der Waals surface area contributed by atoms with E-state index in [2.05, 4.69) is 5.10 Å². The van der Waals surface area contributed by atoms with Crippen molar-refractivity contribution in [3.63, 3.8) is 0 Å². The summed E-state index contributed by atoms with van der Waals surface area (Å²) < 4.78 is 16.0. The van der Waals surface area contributed by atoms with E-state index < -0.39 is 6.10 Å². The minimum Gasteiger partial charge on any atom is -0.493 e. The molecule has 1 unspecified atom stereocenters. The number of nitrogens with zero attached hydrogens (tertiary/aromatic N) is 2. The number of carbonyl (C=O) groups excluding carboxylic acids is 1. The van der Waals surface area contributed by atoms with Gasteiger partial charge in [-0.05, 0) is 35.9 Å². The summed E-state index contributed by atoms with van der Waals surface area (Å²) in [7, 11) is 4.68. The molecule has 6 nitrogen and oxygen atoms in total. The van der Waals surface area contributed by atoms with E-state index in [9.17, 15) is 4.79 Å². The van der Waals surface area contributed by atoms with Gasteiger partial charge < -0.3 is 14.2 Å². The number of hydrogen-bond acceptors (Lipinski definition) is 5. The van der Waals surface area contributed by atoms with Gasteiger partial charge >= 0.3 is 0 Å². The van der Waals surface area contributed by atoms with E-state index >= 15 is 0 Å². The van der Waals surface area contributed by atoms with Crippen molar-refractivity contribution in [2.24, 2.45) is 5.10 Å². The molecule has 0 N–H and O–H groups in total. The first-order valence-electron chi connectivity index (χ1n) is 8.47. The van der Waals surface area contributed by atoms with Crippen LogP contribution in [0.25, 0.3) is 0 Å². The SMILES string of the molecule is COc1ccc(C2=NN(C(=O)C(OC)c3ccc(Cl)cc3)CC2)cc1OC. The van der Waals surface area contributed by atoms with Gasteiger partial charge in [-0.1, -0.05) is 23.7 Å². The maximum atomic E-state index is 12.9. The van der Waals surface area contributed by atoms with Gasteiger partial charge in [0.2, 0.25) is 0 Å². The molecule has 142 valence electrons. The van der Waals surface area contributed by atoms with Gasteiger partial charge in [-0.25, -0.2) is 5.01 Å². The summed E-state index contributed by atoms with van der Waals surface area (Å²) in [5.74, 6) is 1.06. The van der Waals surface area contributed by atoms with Crippen molar-refractivity contribution in [1.82, 2.24) is 5.01 Å². The van der Waals surface area contributed by atoms with Crippen molar-refractivity contribution in [2.45, 2.75) is 12.5 Å². The van der Waals surface area contributed by atoms with Crippen LogP contribution in [0, 0.1) is 0 Å². The van der Waals surface area contributed by atoms with Gasteiger partial charge in [-0.3, -0.25) is 4.79 Å². The third-order valence-corrected chi connectivity index (χ3v) is 4.66. The molecule has 0 saturated heterocycles. The van der Waals surface area contributed by atoms with E-state index in [0.29, 0.717) is 29.5 Å². The molecule has 0 aromatic heterocycles. The quantitative estimate of drug-likeness (QED) is 0.757. The van der Waals surface area contributed by atoms with Crippen LogP contribution in [-0.2, 0) is 9.53 Å². The van der Waals surface area contributed by atoms with Crippen molar-refractivity contribution in [3.05, 3.63) is 58.6 Å². The smallest absolute Gasteiger partial charge is 0.276 e.